The van der Waals surface area contributed by atoms with E-state index < -0.39 is 31.6 Å². The molecule has 0 aliphatic carbocycles. The quantitative estimate of drug-likeness (QED) is 0.774. The second-order valence-electron chi connectivity index (χ2n) is 5.03. The van der Waals surface area contributed by atoms with Crippen LogP contribution in [0, 0.1) is 5.82 Å². The maximum atomic E-state index is 12.9. The van der Waals surface area contributed by atoms with Crippen LogP contribution in [0.4, 0.5) is 10.1 Å². The van der Waals surface area contributed by atoms with Gasteiger partial charge in [-0.3, -0.25) is 4.72 Å². The minimum atomic E-state index is -4.12. The van der Waals surface area contributed by atoms with Gasteiger partial charge in [-0.25, -0.2) is 25.5 Å². The lowest BCUT2D eigenvalue weighted by Crippen LogP contribution is -2.22. The number of benzene rings is 2. The van der Waals surface area contributed by atoms with Gasteiger partial charge in [-0.15, -0.1) is 0 Å². The third-order valence-corrected chi connectivity index (χ3v) is 6.31. The Morgan fingerprint density at radius 1 is 0.958 bits per heavy atom. The fourth-order valence-electron chi connectivity index (χ4n) is 1.79. The Balaban J connectivity index is 2.44. The molecule has 2 aromatic carbocycles. The van der Waals surface area contributed by atoms with E-state index in [2.05, 4.69) is 4.72 Å². The number of nitrogens with one attached hydrogen (secondary N) is 1. The molecule has 0 heterocycles. The molecule has 2 N–H and O–H groups in total. The first-order chi connectivity index (χ1) is 11.0. The van der Waals surface area contributed by atoms with Crippen molar-refractivity contribution in [2.24, 2.45) is 0 Å². The van der Waals surface area contributed by atoms with E-state index in [1.165, 1.54) is 14.1 Å². The number of hydrogen-bond acceptors (Lipinski definition) is 5. The van der Waals surface area contributed by atoms with E-state index in [-0.39, 0.29) is 15.5 Å². The molecule has 2 aromatic rings. The molecule has 0 fully saturated rings. The molecule has 0 spiro atoms. The summed E-state index contributed by atoms with van der Waals surface area (Å²) in [5, 5.41) is 9.80. The molecule has 7 nitrogen and oxygen atoms in total. The van der Waals surface area contributed by atoms with Crippen LogP contribution in [-0.4, -0.2) is 40.3 Å². The monoisotopic (exact) mass is 374 g/mol. The number of aromatic hydroxyl groups is 1. The largest absolute Gasteiger partial charge is 0.506 e. The second-order valence-corrected chi connectivity index (χ2v) is 8.86. The van der Waals surface area contributed by atoms with Crippen LogP contribution < -0.4 is 4.72 Å². The molecule has 0 aliphatic rings. The normalized spacial score (nSPS) is 12.3. The van der Waals surface area contributed by atoms with Crippen LogP contribution in [-0.2, 0) is 20.0 Å². The summed E-state index contributed by atoms with van der Waals surface area (Å²) in [7, 11) is -5.28. The van der Waals surface area contributed by atoms with Crippen LogP contribution in [0.2, 0.25) is 0 Å². The second kappa shape index (κ2) is 6.38. The number of anilines is 1. The molecule has 0 aliphatic heterocycles. The third kappa shape index (κ3) is 3.66. The van der Waals surface area contributed by atoms with Crippen LogP contribution >= 0.6 is 0 Å². The number of halogens is 1. The smallest absolute Gasteiger partial charge is 0.262 e. The summed E-state index contributed by atoms with van der Waals surface area (Å²) < 4.78 is 64.6. The first-order valence-electron chi connectivity index (χ1n) is 6.58. The van der Waals surface area contributed by atoms with Gasteiger partial charge in [-0.1, -0.05) is 0 Å². The van der Waals surface area contributed by atoms with Gasteiger partial charge in [0.1, 0.15) is 11.6 Å². The summed E-state index contributed by atoms with van der Waals surface area (Å²) in [6, 6.07) is 7.28. The number of phenols is 1. The van der Waals surface area contributed by atoms with E-state index in [1.54, 1.807) is 0 Å². The zero-order valence-corrected chi connectivity index (χ0v) is 14.4. The molecule has 0 saturated heterocycles. The Bertz CT molecular complexity index is 955. The Kier molecular flexibility index (Phi) is 4.83. The van der Waals surface area contributed by atoms with Crippen LogP contribution in [0.25, 0.3) is 0 Å². The number of nitrogens with zero attached hydrogens (tertiary/aromatic N) is 1. The Morgan fingerprint density at radius 3 is 2.04 bits per heavy atom. The molecule has 2 rings (SSSR count). The molecule has 10 heteroatoms. The van der Waals surface area contributed by atoms with Crippen molar-refractivity contribution in [3.05, 3.63) is 48.3 Å². The van der Waals surface area contributed by atoms with Crippen LogP contribution in [0.3, 0.4) is 0 Å². The highest BCUT2D eigenvalue weighted by atomic mass is 32.2. The van der Waals surface area contributed by atoms with Gasteiger partial charge < -0.3 is 5.11 Å². The van der Waals surface area contributed by atoms with Gasteiger partial charge >= 0.3 is 0 Å². The average molecular weight is 374 g/mol. The average Bonchev–Trinajstić information content (AvgIpc) is 2.49. The molecule has 0 amide bonds. The summed E-state index contributed by atoms with van der Waals surface area (Å²) >= 11 is 0. The zero-order valence-electron chi connectivity index (χ0n) is 12.8. The van der Waals surface area contributed by atoms with E-state index in [4.69, 9.17) is 0 Å². The van der Waals surface area contributed by atoms with Crippen molar-refractivity contribution < 1.29 is 26.3 Å². The Labute approximate surface area is 139 Å². The summed E-state index contributed by atoms with van der Waals surface area (Å²) in [4.78, 5) is -0.425. The van der Waals surface area contributed by atoms with E-state index in [0.29, 0.717) is 0 Å². The van der Waals surface area contributed by atoms with E-state index in [0.717, 1.165) is 46.8 Å². The lowest BCUT2D eigenvalue weighted by Gasteiger charge is -2.14. The van der Waals surface area contributed by atoms with Crippen molar-refractivity contribution in [1.29, 1.82) is 0 Å². The van der Waals surface area contributed by atoms with Gasteiger partial charge in [0.25, 0.3) is 10.0 Å². The van der Waals surface area contributed by atoms with Crippen molar-refractivity contribution in [2.45, 2.75) is 9.79 Å². The van der Waals surface area contributed by atoms with Gasteiger partial charge in [0.15, 0.2) is 0 Å². The summed E-state index contributed by atoms with van der Waals surface area (Å²) in [6.07, 6.45) is 0. The molecule has 24 heavy (non-hydrogen) atoms. The van der Waals surface area contributed by atoms with Gasteiger partial charge in [0.2, 0.25) is 10.0 Å². The zero-order chi connectivity index (χ0) is 18.1. The number of rotatable bonds is 5. The van der Waals surface area contributed by atoms with E-state index in [9.17, 15) is 26.3 Å². The molecular weight excluding hydrogens is 359 g/mol. The van der Waals surface area contributed by atoms with E-state index in [1.807, 2.05) is 0 Å². The predicted molar refractivity (Wildman–Crippen MR) is 86.2 cm³/mol. The lowest BCUT2D eigenvalue weighted by molar-refractivity contribution is 0.476. The van der Waals surface area contributed by atoms with Gasteiger partial charge in [0, 0.05) is 14.1 Å². The van der Waals surface area contributed by atoms with Crippen LogP contribution in [0.15, 0.2) is 52.3 Å². The van der Waals surface area contributed by atoms with Crippen molar-refractivity contribution in [2.75, 3.05) is 18.8 Å². The molecule has 0 saturated carbocycles. The SMILES string of the molecule is CN(C)S(=O)(=O)c1ccc(O)c(NS(=O)(=O)c2ccc(F)cc2)c1. The van der Waals surface area contributed by atoms with Crippen molar-refractivity contribution in [3.8, 4) is 5.75 Å². The van der Waals surface area contributed by atoms with Crippen LogP contribution in [0.1, 0.15) is 0 Å². The number of hydrogen-bond donors (Lipinski definition) is 2. The fraction of sp³-hybridized carbons (Fsp3) is 0.143. The third-order valence-electron chi connectivity index (χ3n) is 3.11. The molecule has 0 radical (unpaired) electrons. The highest BCUT2D eigenvalue weighted by molar-refractivity contribution is 7.92. The molecule has 0 aromatic heterocycles. The Hall–Kier alpha value is -2.17. The number of phenolic OH excluding ortho intramolecular Hbond substituents is 1. The lowest BCUT2D eigenvalue weighted by atomic mass is 10.3. The fourth-order valence-corrected chi connectivity index (χ4v) is 3.78. The molecular formula is C14H15FN2O5S2. The van der Waals surface area contributed by atoms with Crippen LogP contribution in [0.5, 0.6) is 5.75 Å². The maximum Gasteiger partial charge on any atom is 0.262 e. The standard InChI is InChI=1S/C14H15FN2O5S2/c1-17(2)24(21,22)12-7-8-14(18)13(9-12)16-23(19,20)11-5-3-10(15)4-6-11/h3-9,16,18H,1-2H3. The van der Waals surface area contributed by atoms with Crippen molar-refractivity contribution in [3.63, 3.8) is 0 Å². The molecule has 0 atom stereocenters. The summed E-state index contributed by atoms with van der Waals surface area (Å²) in [5.74, 6) is -1.05. The topological polar surface area (TPSA) is 104 Å². The highest BCUT2D eigenvalue weighted by Crippen LogP contribution is 2.29. The van der Waals surface area contributed by atoms with Gasteiger partial charge in [-0.05, 0) is 42.5 Å². The number of sulfonamides is 2. The maximum absolute atomic E-state index is 12.9. The summed E-state index contributed by atoms with van der Waals surface area (Å²) in [5.41, 5.74) is -0.303. The minimum absolute atomic E-state index is 0.192. The predicted octanol–water partition coefficient (Wildman–Crippen LogP) is 1.58. The first kappa shape index (κ1) is 18.2. The van der Waals surface area contributed by atoms with E-state index >= 15 is 0 Å². The molecule has 130 valence electrons. The van der Waals surface area contributed by atoms with Gasteiger partial charge in [0.05, 0.1) is 15.5 Å². The highest BCUT2D eigenvalue weighted by Gasteiger charge is 2.21. The van der Waals surface area contributed by atoms with Gasteiger partial charge in [-0.2, -0.15) is 0 Å². The molecule has 0 unspecified atom stereocenters. The van der Waals surface area contributed by atoms with Crippen molar-refractivity contribution in [1.82, 2.24) is 4.31 Å². The first-order valence-corrected chi connectivity index (χ1v) is 9.50. The Morgan fingerprint density at radius 2 is 1.50 bits per heavy atom. The van der Waals surface area contributed by atoms with Crippen molar-refractivity contribution >= 4 is 25.7 Å². The molecule has 0 bridgehead atoms. The minimum Gasteiger partial charge on any atom is -0.506 e. The summed E-state index contributed by atoms with van der Waals surface area (Å²) in [6.45, 7) is 0.